The normalized spacial score (nSPS) is 5.73. The fraction of sp³-hybridized carbons (Fsp3) is 1.00. The largest absolute Gasteiger partial charge is 0.323 e. The molecule has 0 heterocycles. The molecule has 74 valence electrons. The first-order valence-corrected chi connectivity index (χ1v) is 6.00. The van der Waals surface area contributed by atoms with Crippen molar-refractivity contribution in [2.45, 2.75) is 6.55 Å². The van der Waals surface area contributed by atoms with E-state index in [4.69, 9.17) is 0 Å². The summed E-state index contributed by atoms with van der Waals surface area (Å²) < 4.78 is 0. The summed E-state index contributed by atoms with van der Waals surface area (Å²) in [6.45, 7) is 2.14. The average molecular weight is 181 g/mol. The molecule has 0 aromatic heterocycles. The van der Waals surface area contributed by atoms with Crippen LogP contribution in [0.2, 0.25) is 6.55 Å². The maximum atomic E-state index is 2.75. The highest BCUT2D eigenvalue weighted by Crippen LogP contribution is 0.987. The summed E-state index contributed by atoms with van der Waals surface area (Å²) in [7, 11) is 12.6. The van der Waals surface area contributed by atoms with Gasteiger partial charge in [0, 0.05) is 0 Å². The minimum atomic E-state index is 1.31. The number of hydrogen-bond acceptors (Lipinski definition) is 3. The molecule has 0 fully saturated rings. The van der Waals surface area contributed by atoms with Crippen molar-refractivity contribution in [1.29, 1.82) is 0 Å². The molecule has 0 saturated heterocycles. The van der Waals surface area contributed by atoms with Crippen molar-refractivity contribution in [1.82, 2.24) is 16.0 Å². The van der Waals surface area contributed by atoms with Crippen molar-refractivity contribution in [3.8, 4) is 0 Å². The fourth-order valence-corrected chi connectivity index (χ4v) is 0. The van der Waals surface area contributed by atoms with E-state index in [1.807, 2.05) is 42.3 Å². The van der Waals surface area contributed by atoms with E-state index in [1.54, 1.807) is 0 Å². The highest BCUT2D eigenvalue weighted by atomic mass is 28.1. The van der Waals surface area contributed by atoms with E-state index in [2.05, 4.69) is 22.5 Å². The molecule has 0 aliphatic carbocycles. The zero-order chi connectivity index (χ0) is 10.1. The van der Waals surface area contributed by atoms with Gasteiger partial charge in [-0.25, -0.2) is 0 Å². The molecule has 4 heteroatoms. The summed E-state index contributed by atoms with van der Waals surface area (Å²) in [5.74, 6) is 0. The predicted octanol–water partition coefficient (Wildman–Crippen LogP) is -1.09. The molecule has 0 radical (unpaired) electrons. The van der Waals surface area contributed by atoms with E-state index >= 15 is 0 Å². The highest BCUT2D eigenvalue weighted by Gasteiger charge is 1.26. The first kappa shape index (κ1) is 22.5. The van der Waals surface area contributed by atoms with Gasteiger partial charge in [0.1, 0.15) is 0 Å². The minimum absolute atomic E-state index is 1.31. The second-order valence-electron chi connectivity index (χ2n) is 1.50. The molecule has 0 aromatic rings. The van der Waals surface area contributed by atoms with Crippen molar-refractivity contribution in [2.75, 3.05) is 42.3 Å². The molecule has 0 aliphatic heterocycles. The summed E-state index contributed by atoms with van der Waals surface area (Å²) in [6.07, 6.45) is 0. The van der Waals surface area contributed by atoms with Crippen LogP contribution in [0.1, 0.15) is 0 Å². The molecule has 0 amide bonds. The molecule has 0 rings (SSSR count). The highest BCUT2D eigenvalue weighted by molar-refractivity contribution is 6.05. The zero-order valence-corrected chi connectivity index (χ0v) is 11.5. The molecule has 0 aliphatic rings. The van der Waals surface area contributed by atoms with Crippen LogP contribution in [0.5, 0.6) is 0 Å². The maximum Gasteiger partial charge on any atom is -0.000585 e. The lowest BCUT2D eigenvalue weighted by Gasteiger charge is -1.59. The van der Waals surface area contributed by atoms with Gasteiger partial charge in [-0.1, -0.05) is 6.55 Å². The zero-order valence-electron chi connectivity index (χ0n) is 9.50. The number of hydrogen-bond donors (Lipinski definition) is 3. The topological polar surface area (TPSA) is 36.1 Å². The van der Waals surface area contributed by atoms with Gasteiger partial charge in [-0.05, 0) is 52.5 Å². The molecular formula is C7H27N3Si. The van der Waals surface area contributed by atoms with Crippen molar-refractivity contribution >= 4 is 10.2 Å². The molecule has 0 unspecified atom stereocenters. The van der Waals surface area contributed by atoms with E-state index in [0.717, 1.165) is 0 Å². The van der Waals surface area contributed by atoms with Crippen LogP contribution in [-0.2, 0) is 0 Å². The van der Waals surface area contributed by atoms with Crippen molar-refractivity contribution in [3.63, 3.8) is 0 Å². The Morgan fingerprint density at radius 3 is 0.545 bits per heavy atom. The van der Waals surface area contributed by atoms with E-state index in [9.17, 15) is 0 Å². The van der Waals surface area contributed by atoms with Gasteiger partial charge in [0.2, 0.25) is 0 Å². The molecule has 0 bridgehead atoms. The Morgan fingerprint density at radius 2 is 0.545 bits per heavy atom. The third kappa shape index (κ3) is 70500. The standard InChI is InChI=1S/3C2H7N.CH6Si/c3*1-3-2;1-2/h3*3H,1-2H3;1-2H3. The van der Waals surface area contributed by atoms with Crippen LogP contribution in [-0.4, -0.2) is 52.5 Å². The van der Waals surface area contributed by atoms with E-state index in [-0.39, 0.29) is 0 Å². The predicted molar refractivity (Wildman–Crippen MR) is 60.8 cm³/mol. The van der Waals surface area contributed by atoms with Gasteiger partial charge in [0.05, 0.1) is 0 Å². The molecule has 3 nitrogen and oxygen atoms in total. The van der Waals surface area contributed by atoms with Gasteiger partial charge in [-0.15, -0.1) is 0 Å². The monoisotopic (exact) mass is 181 g/mol. The lowest BCUT2D eigenvalue weighted by atomic mass is 11.3. The second-order valence-corrected chi connectivity index (χ2v) is 1.50. The summed E-state index contributed by atoms with van der Waals surface area (Å²) >= 11 is 0. The quantitative estimate of drug-likeness (QED) is 0.416. The van der Waals surface area contributed by atoms with Gasteiger partial charge < -0.3 is 16.0 Å². The fourth-order valence-electron chi connectivity index (χ4n) is 0. The first-order valence-electron chi connectivity index (χ1n) is 4.00. The third-order valence-corrected chi connectivity index (χ3v) is 0. The molecule has 0 aromatic carbocycles. The number of nitrogens with one attached hydrogen (secondary N) is 3. The maximum absolute atomic E-state index is 2.75. The van der Waals surface area contributed by atoms with Gasteiger partial charge in [0.15, 0.2) is 0 Å². The lowest BCUT2D eigenvalue weighted by molar-refractivity contribution is 1.02. The molecule has 0 spiro atoms. The summed E-state index contributed by atoms with van der Waals surface area (Å²) in [4.78, 5) is 0. The Labute approximate surface area is 75.8 Å². The van der Waals surface area contributed by atoms with Gasteiger partial charge in [-0.3, -0.25) is 0 Å². The average Bonchev–Trinajstić information content (AvgIpc) is 1.96. The Morgan fingerprint density at radius 1 is 0.545 bits per heavy atom. The molecule has 0 saturated carbocycles. The van der Waals surface area contributed by atoms with Crippen LogP contribution in [0.4, 0.5) is 0 Å². The van der Waals surface area contributed by atoms with Crippen LogP contribution in [0, 0.1) is 0 Å². The van der Waals surface area contributed by atoms with Crippen LogP contribution in [0.25, 0.3) is 0 Å². The van der Waals surface area contributed by atoms with Gasteiger partial charge >= 0.3 is 0 Å². The lowest BCUT2D eigenvalue weighted by Crippen LogP contribution is -1.89. The third-order valence-electron chi connectivity index (χ3n) is 0. The van der Waals surface area contributed by atoms with Crippen molar-refractivity contribution in [3.05, 3.63) is 0 Å². The van der Waals surface area contributed by atoms with E-state index in [0.29, 0.717) is 0 Å². The van der Waals surface area contributed by atoms with Gasteiger partial charge in [-0.2, -0.15) is 0 Å². The smallest absolute Gasteiger partial charge is 0.000585 e. The van der Waals surface area contributed by atoms with Gasteiger partial charge in [0.25, 0.3) is 0 Å². The Hall–Kier alpha value is 0.0969. The van der Waals surface area contributed by atoms with E-state index < -0.39 is 0 Å². The summed E-state index contributed by atoms with van der Waals surface area (Å²) in [5, 5.41) is 8.25. The van der Waals surface area contributed by atoms with Crippen molar-refractivity contribution < 1.29 is 0 Å². The van der Waals surface area contributed by atoms with Crippen LogP contribution >= 0.6 is 0 Å². The second kappa shape index (κ2) is 87.1. The molecule has 11 heavy (non-hydrogen) atoms. The molecular weight excluding hydrogens is 154 g/mol. The molecule has 0 atom stereocenters. The SMILES string of the molecule is CNC.CNC.CNC.C[SiH3]. The molecule has 3 N–H and O–H groups in total. The Balaban J connectivity index is -0.0000000301. The van der Waals surface area contributed by atoms with E-state index in [1.165, 1.54) is 10.2 Å². The van der Waals surface area contributed by atoms with Crippen LogP contribution in [0.3, 0.4) is 0 Å². The Kier molecular flexibility index (Phi) is 178. The van der Waals surface area contributed by atoms with Crippen LogP contribution < -0.4 is 16.0 Å². The first-order chi connectivity index (χ1) is 5.24. The summed E-state index contributed by atoms with van der Waals surface area (Å²) in [6, 6.07) is 0. The minimum Gasteiger partial charge on any atom is -0.323 e. The van der Waals surface area contributed by atoms with Crippen LogP contribution in [0.15, 0.2) is 0 Å². The Bertz CT molecular complexity index is 18.4. The van der Waals surface area contributed by atoms with Crippen molar-refractivity contribution in [2.24, 2.45) is 0 Å². The summed E-state index contributed by atoms with van der Waals surface area (Å²) in [5.41, 5.74) is 0. The number of rotatable bonds is 0.